The summed E-state index contributed by atoms with van der Waals surface area (Å²) in [5, 5.41) is 10.9. The molecule has 0 radical (unpaired) electrons. The maximum atomic E-state index is 12.2. The van der Waals surface area contributed by atoms with E-state index in [1.807, 2.05) is 9.80 Å². The maximum Gasteiger partial charge on any atom is 0.291 e. The zero-order valence-corrected chi connectivity index (χ0v) is 14.4. The van der Waals surface area contributed by atoms with Crippen LogP contribution in [-0.4, -0.2) is 78.5 Å². The van der Waals surface area contributed by atoms with Crippen LogP contribution in [0.4, 0.5) is 11.5 Å². The van der Waals surface area contributed by atoms with Crippen LogP contribution < -0.4 is 9.64 Å². The van der Waals surface area contributed by atoms with Crippen molar-refractivity contribution in [3.63, 3.8) is 0 Å². The molecule has 1 aromatic rings. The van der Waals surface area contributed by atoms with E-state index in [9.17, 15) is 14.9 Å². The summed E-state index contributed by atoms with van der Waals surface area (Å²) in [4.78, 5) is 33.0. The second kappa shape index (κ2) is 7.64. The summed E-state index contributed by atoms with van der Waals surface area (Å²) in [7, 11) is 1.48. The first-order chi connectivity index (χ1) is 12.1. The van der Waals surface area contributed by atoms with E-state index < -0.39 is 4.92 Å². The van der Waals surface area contributed by atoms with Gasteiger partial charge in [-0.1, -0.05) is 0 Å². The Labute approximate surface area is 146 Å². The minimum Gasteiger partial charge on any atom is -0.493 e. The molecule has 0 unspecified atom stereocenters. The lowest BCUT2D eigenvalue weighted by atomic mass is 10.2. The molecule has 2 saturated heterocycles. The van der Waals surface area contributed by atoms with E-state index in [4.69, 9.17) is 4.74 Å². The van der Waals surface area contributed by atoms with Crippen LogP contribution in [0.5, 0.6) is 5.75 Å². The van der Waals surface area contributed by atoms with Crippen molar-refractivity contribution in [3.8, 4) is 5.75 Å². The largest absolute Gasteiger partial charge is 0.493 e. The predicted octanol–water partition coefficient (Wildman–Crippen LogP) is 0.743. The van der Waals surface area contributed by atoms with E-state index in [-0.39, 0.29) is 11.6 Å². The summed E-state index contributed by atoms with van der Waals surface area (Å²) in [5.74, 6) is 1.21. The number of aromatic nitrogens is 1. The van der Waals surface area contributed by atoms with Crippen molar-refractivity contribution in [2.24, 2.45) is 0 Å². The predicted molar refractivity (Wildman–Crippen MR) is 91.9 cm³/mol. The normalized spacial score (nSPS) is 18.4. The summed E-state index contributed by atoms with van der Waals surface area (Å²) in [6.45, 7) is 5.12. The average molecular weight is 349 g/mol. The molecule has 9 nitrogen and oxygen atoms in total. The number of nitrogens with zero attached hydrogens (tertiary/aromatic N) is 5. The van der Waals surface area contributed by atoms with Crippen molar-refractivity contribution >= 4 is 17.4 Å². The Morgan fingerprint density at radius 3 is 2.52 bits per heavy atom. The molecule has 1 aromatic heterocycles. The standard InChI is InChI=1S/C16H23N5O4/c1-25-14-10-13(21(23)24)11-17-16(14)20-8-6-18(7-9-20)12-15(22)19-4-2-3-5-19/h10-11H,2-9,12H2,1H3. The summed E-state index contributed by atoms with van der Waals surface area (Å²) in [5.41, 5.74) is -0.0876. The number of pyridine rings is 1. The first-order valence-electron chi connectivity index (χ1n) is 8.52. The molecular formula is C16H23N5O4. The Hall–Kier alpha value is -2.42. The second-order valence-electron chi connectivity index (χ2n) is 6.33. The van der Waals surface area contributed by atoms with Gasteiger partial charge >= 0.3 is 0 Å². The Balaban J connectivity index is 1.58. The monoisotopic (exact) mass is 349 g/mol. The Morgan fingerprint density at radius 2 is 1.92 bits per heavy atom. The summed E-state index contributed by atoms with van der Waals surface area (Å²) in [6, 6.07) is 1.39. The highest BCUT2D eigenvalue weighted by Gasteiger charge is 2.25. The fourth-order valence-electron chi connectivity index (χ4n) is 3.29. The summed E-state index contributed by atoms with van der Waals surface area (Å²) >= 11 is 0. The summed E-state index contributed by atoms with van der Waals surface area (Å²) in [6.07, 6.45) is 3.46. The van der Waals surface area contributed by atoms with Crippen LogP contribution in [0.2, 0.25) is 0 Å². The molecule has 3 heterocycles. The molecule has 1 amide bonds. The number of nitro groups is 1. The molecule has 2 aliphatic heterocycles. The van der Waals surface area contributed by atoms with Crippen molar-refractivity contribution in [1.29, 1.82) is 0 Å². The highest BCUT2D eigenvalue weighted by Crippen LogP contribution is 2.30. The highest BCUT2D eigenvalue weighted by molar-refractivity contribution is 5.78. The lowest BCUT2D eigenvalue weighted by molar-refractivity contribution is -0.385. The van der Waals surface area contributed by atoms with E-state index in [2.05, 4.69) is 9.88 Å². The maximum absolute atomic E-state index is 12.2. The number of piperazine rings is 1. The van der Waals surface area contributed by atoms with Crippen LogP contribution in [0.15, 0.2) is 12.3 Å². The molecule has 0 saturated carbocycles. The minimum absolute atomic E-state index is 0.0876. The van der Waals surface area contributed by atoms with Gasteiger partial charge in [-0.3, -0.25) is 19.8 Å². The number of rotatable bonds is 5. The Bertz CT molecular complexity index is 639. The van der Waals surface area contributed by atoms with E-state index in [0.717, 1.165) is 39.0 Å². The second-order valence-corrected chi connectivity index (χ2v) is 6.33. The van der Waals surface area contributed by atoms with Gasteiger partial charge in [0.05, 0.1) is 24.6 Å². The van der Waals surface area contributed by atoms with Crippen LogP contribution in [0.1, 0.15) is 12.8 Å². The highest BCUT2D eigenvalue weighted by atomic mass is 16.6. The Morgan fingerprint density at radius 1 is 1.24 bits per heavy atom. The molecule has 0 bridgehead atoms. The number of likely N-dealkylation sites (tertiary alicyclic amines) is 1. The number of carbonyl (C=O) groups excluding carboxylic acids is 1. The third-order valence-electron chi connectivity index (χ3n) is 4.74. The number of carbonyl (C=O) groups is 1. The lowest BCUT2D eigenvalue weighted by Gasteiger charge is -2.36. The van der Waals surface area contributed by atoms with Gasteiger partial charge in [-0.15, -0.1) is 0 Å². The van der Waals surface area contributed by atoms with E-state index >= 15 is 0 Å². The number of amides is 1. The van der Waals surface area contributed by atoms with Crippen LogP contribution in [0.25, 0.3) is 0 Å². The average Bonchev–Trinajstić information content (AvgIpc) is 3.16. The smallest absolute Gasteiger partial charge is 0.291 e. The molecule has 2 aliphatic rings. The van der Waals surface area contributed by atoms with Crippen LogP contribution >= 0.6 is 0 Å². The molecule has 2 fully saturated rings. The number of methoxy groups -OCH3 is 1. The molecule has 0 spiro atoms. The molecule has 3 rings (SSSR count). The first kappa shape index (κ1) is 17.4. The van der Waals surface area contributed by atoms with Crippen molar-refractivity contribution in [3.05, 3.63) is 22.4 Å². The fourth-order valence-corrected chi connectivity index (χ4v) is 3.29. The fraction of sp³-hybridized carbons (Fsp3) is 0.625. The van der Waals surface area contributed by atoms with Gasteiger partial charge in [0, 0.05) is 39.3 Å². The van der Waals surface area contributed by atoms with E-state index in [0.29, 0.717) is 31.2 Å². The minimum atomic E-state index is -0.485. The summed E-state index contributed by atoms with van der Waals surface area (Å²) < 4.78 is 5.27. The molecule has 136 valence electrons. The topological polar surface area (TPSA) is 92.0 Å². The van der Waals surface area contributed by atoms with Crippen molar-refractivity contribution in [2.75, 3.05) is 57.8 Å². The third kappa shape index (κ3) is 3.98. The van der Waals surface area contributed by atoms with Crippen molar-refractivity contribution in [1.82, 2.24) is 14.8 Å². The number of hydrogen-bond donors (Lipinski definition) is 0. The lowest BCUT2D eigenvalue weighted by Crippen LogP contribution is -2.50. The molecular weight excluding hydrogens is 326 g/mol. The molecule has 0 aliphatic carbocycles. The van der Waals surface area contributed by atoms with Gasteiger partial charge in [0.1, 0.15) is 6.20 Å². The molecule has 0 aromatic carbocycles. The van der Waals surface area contributed by atoms with Gasteiger partial charge in [0.2, 0.25) is 5.91 Å². The SMILES string of the molecule is COc1cc([N+](=O)[O-])cnc1N1CCN(CC(=O)N2CCCC2)CC1. The van der Waals surface area contributed by atoms with Gasteiger partial charge < -0.3 is 14.5 Å². The van der Waals surface area contributed by atoms with Crippen LogP contribution in [-0.2, 0) is 4.79 Å². The van der Waals surface area contributed by atoms with Crippen LogP contribution in [0.3, 0.4) is 0 Å². The van der Waals surface area contributed by atoms with Crippen LogP contribution in [0, 0.1) is 10.1 Å². The van der Waals surface area contributed by atoms with E-state index in [1.165, 1.54) is 19.4 Å². The van der Waals surface area contributed by atoms with Gasteiger partial charge in [-0.25, -0.2) is 4.98 Å². The van der Waals surface area contributed by atoms with Gasteiger partial charge in [0.25, 0.3) is 5.69 Å². The van der Waals surface area contributed by atoms with Gasteiger partial charge in [-0.05, 0) is 12.8 Å². The first-order valence-corrected chi connectivity index (χ1v) is 8.52. The number of anilines is 1. The quantitative estimate of drug-likeness (QED) is 0.572. The number of ether oxygens (including phenoxy) is 1. The number of hydrogen-bond acceptors (Lipinski definition) is 7. The zero-order chi connectivity index (χ0) is 17.8. The molecule has 9 heteroatoms. The van der Waals surface area contributed by atoms with Crippen molar-refractivity contribution in [2.45, 2.75) is 12.8 Å². The van der Waals surface area contributed by atoms with E-state index in [1.54, 1.807) is 0 Å². The molecule has 0 N–H and O–H groups in total. The third-order valence-corrected chi connectivity index (χ3v) is 4.74. The van der Waals surface area contributed by atoms with Gasteiger partial charge in [-0.2, -0.15) is 0 Å². The Kier molecular flexibility index (Phi) is 5.32. The molecule has 25 heavy (non-hydrogen) atoms. The van der Waals surface area contributed by atoms with Gasteiger partial charge in [0.15, 0.2) is 11.6 Å². The van der Waals surface area contributed by atoms with Crippen molar-refractivity contribution < 1.29 is 14.5 Å². The zero-order valence-electron chi connectivity index (χ0n) is 14.4. The molecule has 0 atom stereocenters.